The first-order valence-electron chi connectivity index (χ1n) is 4.28. The zero-order valence-corrected chi connectivity index (χ0v) is 7.90. The van der Waals surface area contributed by atoms with Gasteiger partial charge < -0.3 is 10.5 Å². The maximum atomic E-state index is 5.65. The molecule has 1 heterocycles. The Labute approximate surface area is 72.9 Å². The molecule has 1 fully saturated rings. The molecule has 2 atom stereocenters. The normalized spacial score (nSPS) is 31.1. The molecule has 0 bridgehead atoms. The highest BCUT2D eigenvalue weighted by atomic mass is 32.2. The zero-order chi connectivity index (χ0) is 8.10. The van der Waals surface area contributed by atoms with Crippen molar-refractivity contribution in [1.29, 1.82) is 0 Å². The topological polar surface area (TPSA) is 35.2 Å². The summed E-state index contributed by atoms with van der Waals surface area (Å²) in [6, 6.07) is 0. The molecule has 0 saturated carbocycles. The largest absolute Gasteiger partial charge is 0.377 e. The summed E-state index contributed by atoms with van der Waals surface area (Å²) in [5.41, 5.74) is 5.36. The molecule has 1 saturated heterocycles. The molecule has 66 valence electrons. The molecule has 0 aromatic heterocycles. The highest BCUT2D eigenvalue weighted by Gasteiger charge is 2.23. The molecule has 1 rings (SSSR count). The Morgan fingerprint density at radius 3 is 3.00 bits per heavy atom. The summed E-state index contributed by atoms with van der Waals surface area (Å²) in [5.74, 6) is 1.26. The van der Waals surface area contributed by atoms with Crippen LogP contribution in [-0.4, -0.2) is 30.3 Å². The van der Waals surface area contributed by atoms with Gasteiger partial charge in [-0.2, -0.15) is 11.8 Å². The van der Waals surface area contributed by atoms with Crippen molar-refractivity contribution < 1.29 is 4.74 Å². The molecule has 0 aromatic rings. The Hall–Kier alpha value is 0.270. The first kappa shape index (κ1) is 9.36. The third kappa shape index (κ3) is 3.01. The SMILES string of the molecule is CC1SCCC1OCCCN. The maximum Gasteiger partial charge on any atom is 0.0698 e. The van der Waals surface area contributed by atoms with Crippen LogP contribution in [0.4, 0.5) is 0 Å². The van der Waals surface area contributed by atoms with Crippen LogP contribution >= 0.6 is 11.8 Å². The Kier molecular flexibility index (Phi) is 4.26. The smallest absolute Gasteiger partial charge is 0.0698 e. The van der Waals surface area contributed by atoms with E-state index in [9.17, 15) is 0 Å². The van der Waals surface area contributed by atoms with Crippen LogP contribution < -0.4 is 5.73 Å². The van der Waals surface area contributed by atoms with Gasteiger partial charge >= 0.3 is 0 Å². The minimum Gasteiger partial charge on any atom is -0.377 e. The molecule has 3 heteroatoms. The van der Waals surface area contributed by atoms with Gasteiger partial charge in [0.1, 0.15) is 0 Å². The van der Waals surface area contributed by atoms with E-state index in [0.29, 0.717) is 11.4 Å². The number of hydrogen-bond acceptors (Lipinski definition) is 3. The molecule has 2 nitrogen and oxygen atoms in total. The number of hydrogen-bond donors (Lipinski definition) is 1. The Bertz CT molecular complexity index is 110. The fourth-order valence-electron chi connectivity index (χ4n) is 1.25. The molecule has 2 unspecified atom stereocenters. The molecule has 2 N–H and O–H groups in total. The summed E-state index contributed by atoms with van der Waals surface area (Å²) in [7, 11) is 0. The van der Waals surface area contributed by atoms with Gasteiger partial charge in [-0.05, 0) is 25.1 Å². The summed E-state index contributed by atoms with van der Waals surface area (Å²) >= 11 is 2.01. The van der Waals surface area contributed by atoms with Crippen LogP contribution in [0.15, 0.2) is 0 Å². The van der Waals surface area contributed by atoms with Gasteiger partial charge in [0.25, 0.3) is 0 Å². The van der Waals surface area contributed by atoms with E-state index in [4.69, 9.17) is 10.5 Å². The molecular formula is C8H17NOS. The van der Waals surface area contributed by atoms with Gasteiger partial charge in [0, 0.05) is 11.9 Å². The number of thioether (sulfide) groups is 1. The van der Waals surface area contributed by atoms with Crippen LogP contribution in [0.3, 0.4) is 0 Å². The highest BCUT2D eigenvalue weighted by Crippen LogP contribution is 2.28. The minimum atomic E-state index is 0.492. The molecule has 0 aliphatic carbocycles. The number of rotatable bonds is 4. The quantitative estimate of drug-likeness (QED) is 0.653. The minimum absolute atomic E-state index is 0.492. The van der Waals surface area contributed by atoms with Crippen molar-refractivity contribution in [3.8, 4) is 0 Å². The van der Waals surface area contributed by atoms with Gasteiger partial charge in [-0.25, -0.2) is 0 Å². The monoisotopic (exact) mass is 175 g/mol. The van der Waals surface area contributed by atoms with Crippen LogP contribution in [0.2, 0.25) is 0 Å². The molecule has 11 heavy (non-hydrogen) atoms. The summed E-state index contributed by atoms with van der Waals surface area (Å²) in [6.07, 6.45) is 2.70. The van der Waals surface area contributed by atoms with E-state index in [0.717, 1.165) is 19.6 Å². The zero-order valence-electron chi connectivity index (χ0n) is 7.08. The third-order valence-corrected chi connectivity index (χ3v) is 3.29. The average molecular weight is 175 g/mol. The van der Waals surface area contributed by atoms with Crippen LogP contribution in [0.25, 0.3) is 0 Å². The van der Waals surface area contributed by atoms with E-state index in [2.05, 4.69) is 6.92 Å². The van der Waals surface area contributed by atoms with Gasteiger partial charge in [-0.1, -0.05) is 6.92 Å². The van der Waals surface area contributed by atoms with E-state index in [1.165, 1.54) is 12.2 Å². The molecule has 0 spiro atoms. The Balaban J connectivity index is 2.05. The van der Waals surface area contributed by atoms with E-state index < -0.39 is 0 Å². The highest BCUT2D eigenvalue weighted by molar-refractivity contribution is 8.00. The van der Waals surface area contributed by atoms with Crippen molar-refractivity contribution in [3.05, 3.63) is 0 Å². The summed E-state index contributed by atoms with van der Waals surface area (Å²) in [5, 5.41) is 0.688. The first-order chi connectivity index (χ1) is 5.34. The third-order valence-electron chi connectivity index (χ3n) is 1.99. The lowest BCUT2D eigenvalue weighted by atomic mass is 10.2. The second kappa shape index (κ2) is 5.01. The molecule has 0 radical (unpaired) electrons. The Morgan fingerprint density at radius 2 is 2.45 bits per heavy atom. The molecule has 0 aromatic carbocycles. The molecular weight excluding hydrogens is 158 g/mol. The number of nitrogens with two attached hydrogens (primary N) is 1. The van der Waals surface area contributed by atoms with Crippen molar-refractivity contribution in [2.45, 2.75) is 31.1 Å². The summed E-state index contributed by atoms with van der Waals surface area (Å²) in [4.78, 5) is 0. The second-order valence-electron chi connectivity index (χ2n) is 2.92. The van der Waals surface area contributed by atoms with Crippen molar-refractivity contribution in [3.63, 3.8) is 0 Å². The average Bonchev–Trinajstić information content (AvgIpc) is 2.37. The lowest BCUT2D eigenvalue weighted by molar-refractivity contribution is 0.0567. The fourth-order valence-corrected chi connectivity index (χ4v) is 2.42. The summed E-state index contributed by atoms with van der Waals surface area (Å²) < 4.78 is 5.65. The lowest BCUT2D eigenvalue weighted by Crippen LogP contribution is -2.20. The van der Waals surface area contributed by atoms with E-state index in [1.54, 1.807) is 0 Å². The molecule has 1 aliphatic rings. The Morgan fingerprint density at radius 1 is 1.64 bits per heavy atom. The predicted octanol–water partition coefficient (Wildman–Crippen LogP) is 1.25. The van der Waals surface area contributed by atoms with Crippen LogP contribution in [-0.2, 0) is 4.74 Å². The van der Waals surface area contributed by atoms with Gasteiger partial charge in [-0.15, -0.1) is 0 Å². The van der Waals surface area contributed by atoms with E-state index in [1.807, 2.05) is 11.8 Å². The lowest BCUT2D eigenvalue weighted by Gasteiger charge is -2.14. The van der Waals surface area contributed by atoms with Crippen LogP contribution in [0.1, 0.15) is 19.8 Å². The molecule has 0 amide bonds. The van der Waals surface area contributed by atoms with E-state index >= 15 is 0 Å². The van der Waals surface area contributed by atoms with Crippen molar-refractivity contribution in [2.75, 3.05) is 18.9 Å². The van der Waals surface area contributed by atoms with Gasteiger partial charge in [0.2, 0.25) is 0 Å². The van der Waals surface area contributed by atoms with E-state index in [-0.39, 0.29) is 0 Å². The van der Waals surface area contributed by atoms with Gasteiger partial charge in [-0.3, -0.25) is 0 Å². The fraction of sp³-hybridized carbons (Fsp3) is 1.00. The van der Waals surface area contributed by atoms with Crippen LogP contribution in [0, 0.1) is 0 Å². The summed E-state index contributed by atoms with van der Waals surface area (Å²) in [6.45, 7) is 3.82. The maximum absolute atomic E-state index is 5.65. The number of ether oxygens (including phenoxy) is 1. The van der Waals surface area contributed by atoms with Crippen molar-refractivity contribution in [2.24, 2.45) is 5.73 Å². The van der Waals surface area contributed by atoms with Gasteiger partial charge in [0.15, 0.2) is 0 Å². The standard InChI is InChI=1S/C8H17NOS/c1-7-8(3-6-11-7)10-5-2-4-9/h7-8H,2-6,9H2,1H3. The molecule has 1 aliphatic heterocycles. The first-order valence-corrected chi connectivity index (χ1v) is 5.32. The predicted molar refractivity (Wildman–Crippen MR) is 49.9 cm³/mol. The van der Waals surface area contributed by atoms with Gasteiger partial charge in [0.05, 0.1) is 6.10 Å². The van der Waals surface area contributed by atoms with Crippen molar-refractivity contribution >= 4 is 11.8 Å². The second-order valence-corrected chi connectivity index (χ2v) is 4.40. The van der Waals surface area contributed by atoms with Crippen molar-refractivity contribution in [1.82, 2.24) is 0 Å². The van der Waals surface area contributed by atoms with Crippen LogP contribution in [0.5, 0.6) is 0 Å².